The Balaban J connectivity index is 2.04. The number of nitrogen functional groups attached to an aromatic ring is 1. The molecule has 0 aliphatic carbocycles. The van der Waals surface area contributed by atoms with E-state index in [1.54, 1.807) is 30.1 Å². The topological polar surface area (TPSA) is 66.0 Å². The first-order chi connectivity index (χ1) is 13.8. The summed E-state index contributed by atoms with van der Waals surface area (Å²) in [4.78, 5) is 8.94. The van der Waals surface area contributed by atoms with E-state index in [4.69, 9.17) is 15.5 Å². The van der Waals surface area contributed by atoms with Gasteiger partial charge in [-0.15, -0.1) is 0 Å². The van der Waals surface area contributed by atoms with E-state index in [1.807, 2.05) is 18.4 Å². The Morgan fingerprint density at radius 3 is 2.48 bits per heavy atom. The SMILES string of the molecule is CSc1nc(-c2ccc(F)cc2)c(-c2ccnc(N)c2)n1COCC[Si](C)(C)C. The van der Waals surface area contributed by atoms with Crippen LogP contribution in [0.2, 0.25) is 25.7 Å². The van der Waals surface area contributed by atoms with Crippen molar-refractivity contribution in [2.24, 2.45) is 0 Å². The van der Waals surface area contributed by atoms with Crippen molar-refractivity contribution in [2.75, 3.05) is 18.6 Å². The molecule has 5 nitrogen and oxygen atoms in total. The molecule has 0 radical (unpaired) electrons. The Morgan fingerprint density at radius 2 is 1.86 bits per heavy atom. The zero-order valence-corrected chi connectivity index (χ0v) is 19.1. The van der Waals surface area contributed by atoms with Gasteiger partial charge in [-0.2, -0.15) is 0 Å². The predicted molar refractivity (Wildman–Crippen MR) is 121 cm³/mol. The van der Waals surface area contributed by atoms with Gasteiger partial charge >= 0.3 is 0 Å². The second-order valence-electron chi connectivity index (χ2n) is 8.05. The number of hydrogen-bond donors (Lipinski definition) is 1. The van der Waals surface area contributed by atoms with Gasteiger partial charge in [0.05, 0.1) is 11.4 Å². The van der Waals surface area contributed by atoms with E-state index in [0.29, 0.717) is 19.2 Å². The van der Waals surface area contributed by atoms with E-state index in [9.17, 15) is 4.39 Å². The average molecular weight is 431 g/mol. The number of thioether (sulfide) groups is 1. The molecule has 0 spiro atoms. The molecule has 0 saturated heterocycles. The maximum Gasteiger partial charge on any atom is 0.170 e. The molecule has 0 saturated carbocycles. The second kappa shape index (κ2) is 9.11. The van der Waals surface area contributed by atoms with Crippen LogP contribution in [0.1, 0.15) is 0 Å². The largest absolute Gasteiger partial charge is 0.384 e. The van der Waals surface area contributed by atoms with Crippen LogP contribution in [0.5, 0.6) is 0 Å². The first kappa shape index (κ1) is 21.5. The normalized spacial score (nSPS) is 11.8. The number of imidazole rings is 1. The van der Waals surface area contributed by atoms with E-state index in [0.717, 1.165) is 33.7 Å². The lowest BCUT2D eigenvalue weighted by atomic mass is 10.1. The highest BCUT2D eigenvalue weighted by molar-refractivity contribution is 7.98. The molecule has 0 amide bonds. The standard InChI is InChI=1S/C21H27FN4OSSi/c1-28-21-25-19(15-5-7-17(22)8-6-15)20(16-9-10-24-18(23)13-16)26(21)14-27-11-12-29(2,3)4/h5-10,13H,11-12,14H2,1-4H3,(H2,23,24). The third-order valence-corrected chi connectivity index (χ3v) is 6.89. The third kappa shape index (κ3) is 5.46. The Labute approximate surface area is 176 Å². The highest BCUT2D eigenvalue weighted by Crippen LogP contribution is 2.36. The van der Waals surface area contributed by atoms with Crippen LogP contribution in [0.3, 0.4) is 0 Å². The smallest absolute Gasteiger partial charge is 0.170 e. The van der Waals surface area contributed by atoms with Gasteiger partial charge in [-0.1, -0.05) is 31.4 Å². The van der Waals surface area contributed by atoms with Gasteiger partial charge < -0.3 is 10.5 Å². The minimum absolute atomic E-state index is 0.275. The lowest BCUT2D eigenvalue weighted by molar-refractivity contribution is 0.0825. The molecule has 3 aromatic rings. The molecule has 29 heavy (non-hydrogen) atoms. The molecule has 0 aliphatic rings. The van der Waals surface area contributed by atoms with Crippen LogP contribution >= 0.6 is 11.8 Å². The molecule has 2 N–H and O–H groups in total. The number of ether oxygens (including phenoxy) is 1. The Morgan fingerprint density at radius 1 is 1.14 bits per heavy atom. The fraction of sp³-hybridized carbons (Fsp3) is 0.333. The maximum absolute atomic E-state index is 13.5. The van der Waals surface area contributed by atoms with Crippen molar-refractivity contribution in [3.8, 4) is 22.5 Å². The lowest BCUT2D eigenvalue weighted by Gasteiger charge is -2.17. The molecule has 0 aliphatic heterocycles. The number of halogens is 1. The van der Waals surface area contributed by atoms with Crippen LogP contribution in [0.25, 0.3) is 22.5 Å². The molecular formula is C21H27FN4OSSi. The highest BCUT2D eigenvalue weighted by atomic mass is 32.2. The van der Waals surface area contributed by atoms with E-state index < -0.39 is 8.07 Å². The Kier molecular flexibility index (Phi) is 6.76. The van der Waals surface area contributed by atoms with Gasteiger partial charge in [0, 0.05) is 32.0 Å². The minimum Gasteiger partial charge on any atom is -0.384 e. The minimum atomic E-state index is -1.17. The van der Waals surface area contributed by atoms with Gasteiger partial charge in [0.1, 0.15) is 18.4 Å². The van der Waals surface area contributed by atoms with Crippen LogP contribution in [-0.2, 0) is 11.5 Å². The molecule has 0 unspecified atom stereocenters. The fourth-order valence-electron chi connectivity index (χ4n) is 2.94. The molecule has 2 heterocycles. The fourth-order valence-corrected chi connectivity index (χ4v) is 4.24. The summed E-state index contributed by atoms with van der Waals surface area (Å²) in [6.45, 7) is 8.11. The molecule has 8 heteroatoms. The molecule has 0 fully saturated rings. The van der Waals surface area contributed by atoms with Crippen LogP contribution in [0.15, 0.2) is 47.8 Å². The average Bonchev–Trinajstić information content (AvgIpc) is 3.03. The summed E-state index contributed by atoms with van der Waals surface area (Å²) in [6.07, 6.45) is 3.67. The van der Waals surface area contributed by atoms with Crippen molar-refractivity contribution in [2.45, 2.75) is 37.6 Å². The summed E-state index contributed by atoms with van der Waals surface area (Å²) in [6, 6.07) is 11.2. The number of anilines is 1. The first-order valence-corrected chi connectivity index (χ1v) is 14.4. The number of hydrogen-bond acceptors (Lipinski definition) is 5. The third-order valence-electron chi connectivity index (χ3n) is 4.50. The van der Waals surface area contributed by atoms with E-state index in [-0.39, 0.29) is 5.82 Å². The summed E-state index contributed by atoms with van der Waals surface area (Å²) >= 11 is 1.55. The molecule has 154 valence electrons. The quantitative estimate of drug-likeness (QED) is 0.296. The molecule has 0 atom stereocenters. The lowest BCUT2D eigenvalue weighted by Crippen LogP contribution is -2.22. The number of rotatable bonds is 8. The van der Waals surface area contributed by atoms with Gasteiger partial charge in [-0.3, -0.25) is 4.57 Å². The van der Waals surface area contributed by atoms with Crippen molar-refractivity contribution >= 4 is 25.7 Å². The molecular weight excluding hydrogens is 403 g/mol. The number of pyridine rings is 1. The van der Waals surface area contributed by atoms with Gasteiger partial charge in [0.25, 0.3) is 0 Å². The summed E-state index contributed by atoms with van der Waals surface area (Å²) < 4.78 is 21.6. The molecule has 0 bridgehead atoms. The predicted octanol–water partition coefficient (Wildman–Crippen LogP) is 5.37. The summed E-state index contributed by atoms with van der Waals surface area (Å²) in [5.41, 5.74) is 9.35. The van der Waals surface area contributed by atoms with Gasteiger partial charge in [0.15, 0.2) is 5.16 Å². The molecule has 2 aromatic heterocycles. The van der Waals surface area contributed by atoms with Crippen LogP contribution in [0, 0.1) is 5.82 Å². The number of benzene rings is 1. The summed E-state index contributed by atoms with van der Waals surface area (Å²) in [5.74, 6) is 0.160. The van der Waals surface area contributed by atoms with Crippen LogP contribution in [0.4, 0.5) is 10.2 Å². The van der Waals surface area contributed by atoms with Gasteiger partial charge in [-0.25, -0.2) is 14.4 Å². The van der Waals surface area contributed by atoms with Crippen LogP contribution < -0.4 is 5.73 Å². The Bertz CT molecular complexity index is 970. The van der Waals surface area contributed by atoms with Crippen molar-refractivity contribution < 1.29 is 9.13 Å². The number of aromatic nitrogens is 3. The van der Waals surface area contributed by atoms with E-state index in [2.05, 4.69) is 29.2 Å². The second-order valence-corrected chi connectivity index (χ2v) is 14.4. The zero-order valence-electron chi connectivity index (χ0n) is 17.3. The van der Waals surface area contributed by atoms with Crippen molar-refractivity contribution in [1.29, 1.82) is 0 Å². The van der Waals surface area contributed by atoms with Gasteiger partial charge in [-0.05, 0) is 48.7 Å². The van der Waals surface area contributed by atoms with Crippen molar-refractivity contribution in [3.05, 3.63) is 48.4 Å². The highest BCUT2D eigenvalue weighted by Gasteiger charge is 2.21. The van der Waals surface area contributed by atoms with E-state index >= 15 is 0 Å². The molecule has 1 aromatic carbocycles. The Hall–Kier alpha value is -2.16. The van der Waals surface area contributed by atoms with E-state index in [1.165, 1.54) is 12.1 Å². The molecule has 3 rings (SSSR count). The zero-order chi connectivity index (χ0) is 21.0. The number of nitrogens with two attached hydrogens (primary N) is 1. The summed E-state index contributed by atoms with van der Waals surface area (Å²) in [7, 11) is -1.17. The monoisotopic (exact) mass is 430 g/mol. The van der Waals surface area contributed by atoms with Crippen molar-refractivity contribution in [3.63, 3.8) is 0 Å². The van der Waals surface area contributed by atoms with Crippen molar-refractivity contribution in [1.82, 2.24) is 14.5 Å². The maximum atomic E-state index is 13.5. The van der Waals surface area contributed by atoms with Crippen LogP contribution in [-0.4, -0.2) is 35.5 Å². The summed E-state index contributed by atoms with van der Waals surface area (Å²) in [5, 5.41) is 0.836. The number of nitrogens with zero attached hydrogens (tertiary/aromatic N) is 3. The first-order valence-electron chi connectivity index (χ1n) is 9.48. The van der Waals surface area contributed by atoms with Gasteiger partial charge in [0.2, 0.25) is 0 Å².